The molecule has 0 aliphatic carbocycles. The fraction of sp³-hybridized carbons (Fsp3) is 0.400. The molecular weight excluding hydrogens is 184 g/mol. The van der Waals surface area contributed by atoms with Gasteiger partial charge >= 0.3 is 5.97 Å². The molecule has 0 spiro atoms. The van der Waals surface area contributed by atoms with E-state index in [1.807, 2.05) is 0 Å². The van der Waals surface area contributed by atoms with Gasteiger partial charge in [0, 0.05) is 6.07 Å². The number of carbonyl (C=O) groups is 1. The summed E-state index contributed by atoms with van der Waals surface area (Å²) in [5.41, 5.74) is -1.09. The molecule has 0 amide bonds. The van der Waals surface area contributed by atoms with Crippen LogP contribution in [0.2, 0.25) is 0 Å². The van der Waals surface area contributed by atoms with Crippen LogP contribution >= 0.6 is 0 Å². The van der Waals surface area contributed by atoms with Gasteiger partial charge in [0.2, 0.25) is 0 Å². The van der Waals surface area contributed by atoms with E-state index in [-0.39, 0.29) is 5.56 Å². The van der Waals surface area contributed by atoms with E-state index in [1.165, 1.54) is 12.3 Å². The Morgan fingerprint density at radius 1 is 1.43 bits per heavy atom. The van der Waals surface area contributed by atoms with Crippen LogP contribution in [0.3, 0.4) is 0 Å². The molecule has 1 heterocycles. The van der Waals surface area contributed by atoms with E-state index in [1.54, 1.807) is 20.8 Å². The van der Waals surface area contributed by atoms with Crippen LogP contribution in [0.5, 0.6) is 0 Å². The molecule has 0 N–H and O–H groups in total. The van der Waals surface area contributed by atoms with Gasteiger partial charge in [0.1, 0.15) is 17.4 Å². The third-order valence-electron chi connectivity index (χ3n) is 1.37. The first-order chi connectivity index (χ1) is 6.40. The van der Waals surface area contributed by atoms with Crippen molar-refractivity contribution in [1.29, 1.82) is 0 Å². The van der Waals surface area contributed by atoms with Crippen molar-refractivity contribution >= 4 is 5.97 Å². The normalized spacial score (nSPS) is 11.1. The van der Waals surface area contributed by atoms with Crippen LogP contribution in [-0.2, 0) is 4.74 Å². The summed E-state index contributed by atoms with van der Waals surface area (Å²) >= 11 is 0. The van der Waals surface area contributed by atoms with Crippen molar-refractivity contribution in [2.45, 2.75) is 26.4 Å². The van der Waals surface area contributed by atoms with Crippen LogP contribution in [-0.4, -0.2) is 11.6 Å². The van der Waals surface area contributed by atoms with Crippen molar-refractivity contribution in [2.24, 2.45) is 0 Å². The van der Waals surface area contributed by atoms with Gasteiger partial charge < -0.3 is 9.15 Å². The molecule has 0 fully saturated rings. The van der Waals surface area contributed by atoms with Crippen LogP contribution in [0, 0.1) is 0 Å². The molecule has 0 radical (unpaired) electrons. The molecule has 76 valence electrons. The first-order valence-corrected chi connectivity index (χ1v) is 4.20. The van der Waals surface area contributed by atoms with Crippen LogP contribution in [0.15, 0.2) is 27.8 Å². The molecule has 1 aromatic rings. The molecule has 0 unspecified atom stereocenters. The summed E-state index contributed by atoms with van der Waals surface area (Å²) in [7, 11) is 0. The first-order valence-electron chi connectivity index (χ1n) is 4.20. The molecule has 0 aromatic carbocycles. The standard InChI is InChI=1S/C10H12O4/c1-10(2,3)14-9(12)7-6-13-5-4-8(7)11/h4-6H,1-3H3. The topological polar surface area (TPSA) is 56.5 Å². The first kappa shape index (κ1) is 10.5. The molecule has 0 atom stereocenters. The predicted octanol–water partition coefficient (Wildman–Crippen LogP) is 1.60. The second-order valence-corrected chi connectivity index (χ2v) is 3.84. The SMILES string of the molecule is CC(C)(C)OC(=O)c1coccc1=O. The van der Waals surface area contributed by atoms with E-state index < -0.39 is 17.0 Å². The van der Waals surface area contributed by atoms with Crippen LogP contribution in [0.1, 0.15) is 31.1 Å². The molecule has 14 heavy (non-hydrogen) atoms. The summed E-state index contributed by atoms with van der Waals surface area (Å²) in [5, 5.41) is 0. The highest BCUT2D eigenvalue weighted by Gasteiger charge is 2.20. The van der Waals surface area contributed by atoms with Crippen molar-refractivity contribution in [3.63, 3.8) is 0 Å². The maximum atomic E-state index is 11.4. The van der Waals surface area contributed by atoms with E-state index in [4.69, 9.17) is 9.15 Å². The Kier molecular flexibility index (Phi) is 2.74. The van der Waals surface area contributed by atoms with Crippen LogP contribution in [0.4, 0.5) is 0 Å². The second kappa shape index (κ2) is 3.65. The lowest BCUT2D eigenvalue weighted by molar-refractivity contribution is 0.00656. The van der Waals surface area contributed by atoms with E-state index >= 15 is 0 Å². The minimum atomic E-state index is -0.660. The summed E-state index contributed by atoms with van der Waals surface area (Å²) in [6.45, 7) is 5.19. The quantitative estimate of drug-likeness (QED) is 0.640. The number of rotatable bonds is 1. The molecule has 1 aromatic heterocycles. The van der Waals surface area contributed by atoms with E-state index in [9.17, 15) is 9.59 Å². The third kappa shape index (κ3) is 2.73. The number of hydrogen-bond acceptors (Lipinski definition) is 4. The Labute approximate surface area is 81.5 Å². The zero-order valence-corrected chi connectivity index (χ0v) is 8.37. The lowest BCUT2D eigenvalue weighted by atomic mass is 10.2. The van der Waals surface area contributed by atoms with Crippen molar-refractivity contribution in [3.8, 4) is 0 Å². The summed E-state index contributed by atoms with van der Waals surface area (Å²) in [4.78, 5) is 22.6. The molecular formula is C10H12O4. The van der Waals surface area contributed by atoms with Gasteiger partial charge in [-0.05, 0) is 20.8 Å². The lowest BCUT2D eigenvalue weighted by Crippen LogP contribution is -2.26. The van der Waals surface area contributed by atoms with E-state index in [0.29, 0.717) is 0 Å². The van der Waals surface area contributed by atoms with Gasteiger partial charge in [-0.15, -0.1) is 0 Å². The van der Waals surface area contributed by atoms with Gasteiger partial charge in [-0.25, -0.2) is 4.79 Å². The highest BCUT2D eigenvalue weighted by atomic mass is 16.6. The van der Waals surface area contributed by atoms with Gasteiger partial charge in [-0.1, -0.05) is 0 Å². The second-order valence-electron chi connectivity index (χ2n) is 3.84. The van der Waals surface area contributed by atoms with Gasteiger partial charge in [0.25, 0.3) is 0 Å². The fourth-order valence-corrected chi connectivity index (χ4v) is 0.838. The van der Waals surface area contributed by atoms with E-state index in [0.717, 1.165) is 6.26 Å². The van der Waals surface area contributed by atoms with Gasteiger partial charge in [-0.2, -0.15) is 0 Å². The summed E-state index contributed by atoms with van der Waals surface area (Å²) in [6.07, 6.45) is 2.31. The average molecular weight is 196 g/mol. The van der Waals surface area contributed by atoms with Gasteiger partial charge in [0.05, 0.1) is 6.26 Å². The largest absolute Gasteiger partial charge is 0.471 e. The molecule has 0 aliphatic rings. The van der Waals surface area contributed by atoms with Crippen molar-refractivity contribution < 1.29 is 13.9 Å². The number of ether oxygens (including phenoxy) is 1. The predicted molar refractivity (Wildman–Crippen MR) is 50.1 cm³/mol. The highest BCUT2D eigenvalue weighted by molar-refractivity contribution is 5.88. The fourth-order valence-electron chi connectivity index (χ4n) is 0.838. The zero-order valence-electron chi connectivity index (χ0n) is 8.37. The van der Waals surface area contributed by atoms with Crippen LogP contribution in [0.25, 0.3) is 0 Å². The third-order valence-corrected chi connectivity index (χ3v) is 1.37. The average Bonchev–Trinajstić information content (AvgIpc) is 2.01. The molecule has 4 heteroatoms. The molecule has 4 nitrogen and oxygen atoms in total. The van der Waals surface area contributed by atoms with Crippen molar-refractivity contribution in [2.75, 3.05) is 0 Å². The summed E-state index contributed by atoms with van der Waals surface area (Å²) in [6, 6.07) is 1.18. The Bertz CT molecular complexity index is 384. The molecule has 0 aliphatic heterocycles. The Morgan fingerprint density at radius 2 is 2.07 bits per heavy atom. The molecule has 0 bridgehead atoms. The Balaban J connectivity index is 2.92. The van der Waals surface area contributed by atoms with Crippen molar-refractivity contribution in [3.05, 3.63) is 34.4 Å². The lowest BCUT2D eigenvalue weighted by Gasteiger charge is -2.18. The molecule has 0 saturated heterocycles. The monoisotopic (exact) mass is 196 g/mol. The Hall–Kier alpha value is -1.58. The summed E-state index contributed by atoms with van der Waals surface area (Å²) < 4.78 is 9.73. The van der Waals surface area contributed by atoms with Crippen LogP contribution < -0.4 is 5.43 Å². The molecule has 0 saturated carbocycles. The van der Waals surface area contributed by atoms with Crippen molar-refractivity contribution in [1.82, 2.24) is 0 Å². The van der Waals surface area contributed by atoms with Gasteiger partial charge in [-0.3, -0.25) is 4.79 Å². The maximum Gasteiger partial charge on any atom is 0.345 e. The zero-order chi connectivity index (χ0) is 10.8. The Morgan fingerprint density at radius 3 is 2.57 bits per heavy atom. The number of hydrogen-bond donors (Lipinski definition) is 0. The molecule has 1 rings (SSSR count). The number of carbonyl (C=O) groups excluding carboxylic acids is 1. The smallest absolute Gasteiger partial charge is 0.345 e. The number of esters is 1. The maximum absolute atomic E-state index is 11.4. The van der Waals surface area contributed by atoms with E-state index in [2.05, 4.69) is 0 Å². The van der Waals surface area contributed by atoms with Gasteiger partial charge in [0.15, 0.2) is 5.43 Å². The minimum absolute atomic E-state index is 0.0811. The summed E-state index contributed by atoms with van der Waals surface area (Å²) in [5.74, 6) is -0.660. The minimum Gasteiger partial charge on any atom is -0.471 e. The highest BCUT2D eigenvalue weighted by Crippen LogP contribution is 2.09.